The number of sulfonamides is 1. The molecule has 136 valence electrons. The third-order valence-electron chi connectivity index (χ3n) is 4.25. The molecule has 7 heteroatoms. The normalized spacial score (nSPS) is 12.9. The summed E-state index contributed by atoms with van der Waals surface area (Å²) in [6.45, 7) is 3.58. The topological polar surface area (TPSA) is 88.4 Å². The molecule has 1 amide bonds. The molecule has 3 rings (SSSR count). The van der Waals surface area contributed by atoms with E-state index in [0.717, 1.165) is 11.0 Å². The van der Waals surface area contributed by atoms with E-state index < -0.39 is 10.0 Å². The van der Waals surface area contributed by atoms with Crippen LogP contribution >= 0.6 is 0 Å². The van der Waals surface area contributed by atoms with Crippen LogP contribution in [0.3, 0.4) is 0 Å². The summed E-state index contributed by atoms with van der Waals surface area (Å²) < 4.78 is 32.0. The fraction of sp³-hybridized carbons (Fsp3) is 0.211. The van der Waals surface area contributed by atoms with Crippen LogP contribution in [-0.2, 0) is 10.0 Å². The first-order chi connectivity index (χ1) is 12.3. The summed E-state index contributed by atoms with van der Waals surface area (Å²) >= 11 is 0. The van der Waals surface area contributed by atoms with E-state index in [-0.39, 0.29) is 16.8 Å². The van der Waals surface area contributed by atoms with E-state index in [1.807, 2.05) is 37.3 Å². The molecule has 1 unspecified atom stereocenters. The Labute approximate surface area is 152 Å². The van der Waals surface area contributed by atoms with Gasteiger partial charge >= 0.3 is 0 Å². The fourth-order valence-electron chi connectivity index (χ4n) is 2.69. The lowest BCUT2D eigenvalue weighted by atomic mass is 10.1. The summed E-state index contributed by atoms with van der Waals surface area (Å²) in [4.78, 5) is 12.7. The lowest BCUT2D eigenvalue weighted by molar-refractivity contribution is 0.0935. The molecule has 0 bridgehead atoms. The number of hydrogen-bond acceptors (Lipinski definition) is 4. The Morgan fingerprint density at radius 2 is 1.85 bits per heavy atom. The van der Waals surface area contributed by atoms with Crippen LogP contribution in [0.5, 0.6) is 0 Å². The highest BCUT2D eigenvalue weighted by atomic mass is 32.2. The van der Waals surface area contributed by atoms with E-state index in [9.17, 15) is 13.2 Å². The first-order valence-corrected chi connectivity index (χ1v) is 9.63. The second-order valence-electron chi connectivity index (χ2n) is 6.07. The number of furan rings is 1. The fourth-order valence-corrected chi connectivity index (χ4v) is 3.45. The van der Waals surface area contributed by atoms with E-state index in [0.29, 0.717) is 16.9 Å². The number of carbonyl (C=O) groups excluding carboxylic acids is 1. The van der Waals surface area contributed by atoms with E-state index >= 15 is 0 Å². The number of amides is 1. The molecular weight excluding hydrogens is 352 g/mol. The van der Waals surface area contributed by atoms with Crippen LogP contribution in [0.1, 0.15) is 34.6 Å². The first kappa shape index (κ1) is 18.2. The third-order valence-corrected chi connectivity index (χ3v) is 5.66. The van der Waals surface area contributed by atoms with Crippen molar-refractivity contribution in [2.75, 3.05) is 7.05 Å². The Balaban J connectivity index is 1.86. The summed E-state index contributed by atoms with van der Waals surface area (Å²) in [7, 11) is -2.29. The van der Waals surface area contributed by atoms with Crippen LogP contribution < -0.4 is 10.0 Å². The van der Waals surface area contributed by atoms with Crippen molar-refractivity contribution in [2.45, 2.75) is 24.8 Å². The van der Waals surface area contributed by atoms with E-state index in [4.69, 9.17) is 4.42 Å². The number of rotatable bonds is 5. The van der Waals surface area contributed by atoms with Crippen LogP contribution in [0, 0.1) is 6.92 Å². The van der Waals surface area contributed by atoms with Crippen molar-refractivity contribution in [2.24, 2.45) is 0 Å². The van der Waals surface area contributed by atoms with Crippen molar-refractivity contribution < 1.29 is 17.6 Å². The molecule has 0 saturated carbocycles. The number of aryl methyl sites for hydroxylation is 1. The molecule has 3 aromatic rings. The molecule has 0 aliphatic heterocycles. The van der Waals surface area contributed by atoms with E-state index in [1.54, 1.807) is 13.0 Å². The minimum Gasteiger partial charge on any atom is -0.459 e. The Morgan fingerprint density at radius 3 is 2.54 bits per heavy atom. The number of carbonyl (C=O) groups is 1. The lowest BCUT2D eigenvalue weighted by Gasteiger charge is -2.14. The van der Waals surface area contributed by atoms with Crippen LogP contribution in [0.2, 0.25) is 0 Å². The maximum Gasteiger partial charge on any atom is 0.252 e. The van der Waals surface area contributed by atoms with Crippen molar-refractivity contribution in [3.8, 4) is 0 Å². The van der Waals surface area contributed by atoms with Gasteiger partial charge in [-0.25, -0.2) is 13.1 Å². The van der Waals surface area contributed by atoms with Crippen molar-refractivity contribution in [1.29, 1.82) is 0 Å². The van der Waals surface area contributed by atoms with Gasteiger partial charge in [0.1, 0.15) is 11.3 Å². The van der Waals surface area contributed by atoms with Crippen LogP contribution in [-0.4, -0.2) is 21.4 Å². The molecule has 0 aliphatic carbocycles. The lowest BCUT2D eigenvalue weighted by Crippen LogP contribution is -2.27. The molecule has 1 heterocycles. The minimum absolute atomic E-state index is 0.0483. The van der Waals surface area contributed by atoms with Gasteiger partial charge in [0.15, 0.2) is 0 Å². The first-order valence-electron chi connectivity index (χ1n) is 8.15. The van der Waals surface area contributed by atoms with E-state index in [2.05, 4.69) is 10.0 Å². The van der Waals surface area contributed by atoms with Crippen LogP contribution in [0.4, 0.5) is 0 Å². The van der Waals surface area contributed by atoms with Gasteiger partial charge in [-0.1, -0.05) is 24.3 Å². The second-order valence-corrected chi connectivity index (χ2v) is 7.95. The molecule has 6 nitrogen and oxygen atoms in total. The van der Waals surface area contributed by atoms with Crippen molar-refractivity contribution in [1.82, 2.24) is 10.0 Å². The molecule has 0 fully saturated rings. The van der Waals surface area contributed by atoms with Gasteiger partial charge in [0, 0.05) is 10.9 Å². The van der Waals surface area contributed by atoms with Gasteiger partial charge in [-0.2, -0.15) is 0 Å². The molecule has 1 aromatic heterocycles. The Kier molecular flexibility index (Phi) is 4.84. The average Bonchev–Trinajstić information content (AvgIpc) is 3.06. The van der Waals surface area contributed by atoms with Crippen LogP contribution in [0.25, 0.3) is 11.0 Å². The monoisotopic (exact) mass is 372 g/mol. The zero-order chi connectivity index (χ0) is 18.9. The van der Waals surface area contributed by atoms with Gasteiger partial charge in [0.2, 0.25) is 10.0 Å². The average molecular weight is 372 g/mol. The molecule has 0 radical (unpaired) electrons. The molecule has 0 aliphatic rings. The zero-order valence-corrected chi connectivity index (χ0v) is 15.6. The molecule has 26 heavy (non-hydrogen) atoms. The van der Waals surface area contributed by atoms with Crippen molar-refractivity contribution in [3.63, 3.8) is 0 Å². The predicted octanol–water partition coefficient (Wildman–Crippen LogP) is 3.14. The number of fused-ring (bicyclic) bond motifs is 1. The Hall–Kier alpha value is -2.64. The minimum atomic E-state index is -3.62. The summed E-state index contributed by atoms with van der Waals surface area (Å²) in [6.07, 6.45) is 0. The number of benzene rings is 2. The maximum atomic E-state index is 12.7. The Morgan fingerprint density at radius 1 is 1.12 bits per heavy atom. The molecular formula is C19H20N2O4S. The predicted molar refractivity (Wildman–Crippen MR) is 99.5 cm³/mol. The standard InChI is InChI=1S/C19H20N2O4S/c1-12-8-9-15(26(23,24)20-3)11-16(12)19(22)21-13(2)18-10-14-6-4-5-7-17(14)25-18/h4-11,13,20H,1-3H3,(H,21,22). The summed E-state index contributed by atoms with van der Waals surface area (Å²) in [5, 5.41) is 3.82. The van der Waals surface area contributed by atoms with Crippen LogP contribution in [0.15, 0.2) is 57.8 Å². The van der Waals surface area contributed by atoms with Gasteiger partial charge in [-0.15, -0.1) is 0 Å². The zero-order valence-electron chi connectivity index (χ0n) is 14.7. The number of para-hydroxylation sites is 1. The Bertz CT molecular complexity index is 1040. The SMILES string of the molecule is CNS(=O)(=O)c1ccc(C)c(C(=O)NC(C)c2cc3ccccc3o2)c1. The smallest absolute Gasteiger partial charge is 0.252 e. The molecule has 0 saturated heterocycles. The largest absolute Gasteiger partial charge is 0.459 e. The van der Waals surface area contributed by atoms with Gasteiger partial charge < -0.3 is 9.73 Å². The summed E-state index contributed by atoms with van der Waals surface area (Å²) in [5.74, 6) is 0.278. The second kappa shape index (κ2) is 6.93. The molecule has 1 atom stereocenters. The number of hydrogen-bond donors (Lipinski definition) is 2. The van der Waals surface area contributed by atoms with Crippen molar-refractivity contribution in [3.05, 3.63) is 65.4 Å². The highest BCUT2D eigenvalue weighted by Gasteiger charge is 2.19. The molecule has 2 aromatic carbocycles. The highest BCUT2D eigenvalue weighted by molar-refractivity contribution is 7.89. The molecule has 0 spiro atoms. The highest BCUT2D eigenvalue weighted by Crippen LogP contribution is 2.24. The summed E-state index contributed by atoms with van der Waals surface area (Å²) in [6, 6.07) is 13.6. The molecule has 2 N–H and O–H groups in total. The van der Waals surface area contributed by atoms with Crippen molar-refractivity contribution >= 4 is 26.9 Å². The van der Waals surface area contributed by atoms with Gasteiger partial charge in [-0.3, -0.25) is 4.79 Å². The summed E-state index contributed by atoms with van der Waals surface area (Å²) in [5.41, 5.74) is 1.75. The van der Waals surface area contributed by atoms with Gasteiger partial charge in [0.25, 0.3) is 5.91 Å². The maximum absolute atomic E-state index is 12.7. The number of nitrogens with one attached hydrogen (secondary N) is 2. The third kappa shape index (κ3) is 3.49. The van der Waals surface area contributed by atoms with Gasteiger partial charge in [-0.05, 0) is 50.7 Å². The quantitative estimate of drug-likeness (QED) is 0.720. The van der Waals surface area contributed by atoms with E-state index in [1.165, 1.54) is 19.2 Å². The van der Waals surface area contributed by atoms with Gasteiger partial charge in [0.05, 0.1) is 10.9 Å².